The van der Waals surface area contributed by atoms with E-state index in [1.54, 1.807) is 7.11 Å². The number of fused-ring (bicyclic) bond motifs is 2. The summed E-state index contributed by atoms with van der Waals surface area (Å²) in [5.74, 6) is 1.32. The van der Waals surface area contributed by atoms with Crippen molar-refractivity contribution in [1.29, 1.82) is 0 Å². The molecule has 3 nitrogen and oxygen atoms in total. The topological polar surface area (TPSA) is 30.5 Å². The highest BCUT2D eigenvalue weighted by Crippen LogP contribution is 2.62. The average molecular weight is 325 g/mol. The average Bonchev–Trinajstić information content (AvgIpc) is 2.70. The minimum absolute atomic E-state index is 0.115. The molecule has 2 aliphatic carbocycles. The first kappa shape index (κ1) is 15.9. The number of piperidine rings is 1. The predicted octanol–water partition coefficient (Wildman–Crippen LogP) is 3.97. The number of ether oxygens (including phenoxy) is 2. The summed E-state index contributed by atoms with van der Waals surface area (Å²) in [6, 6.07) is 6.62. The SMILES string of the molecule is C=CC12C(OC)CCC3(C)CN[C@@H]1c1ccc(OC)cc1C=C[C@H]32. The molecule has 1 aromatic rings. The second kappa shape index (κ2) is 5.47. The molecular formula is C21H27NO2. The smallest absolute Gasteiger partial charge is 0.119 e. The summed E-state index contributed by atoms with van der Waals surface area (Å²) >= 11 is 0. The largest absolute Gasteiger partial charge is 0.497 e. The predicted molar refractivity (Wildman–Crippen MR) is 97.0 cm³/mol. The lowest BCUT2D eigenvalue weighted by Gasteiger charge is -2.61. The Morgan fingerprint density at radius 3 is 2.88 bits per heavy atom. The van der Waals surface area contributed by atoms with Crippen LogP contribution in [0.4, 0.5) is 0 Å². The Labute approximate surface area is 144 Å². The van der Waals surface area contributed by atoms with E-state index in [1.807, 2.05) is 7.11 Å². The van der Waals surface area contributed by atoms with Crippen LogP contribution in [-0.2, 0) is 4.74 Å². The number of benzene rings is 1. The summed E-state index contributed by atoms with van der Waals surface area (Å²) in [5, 5.41) is 3.85. The molecule has 1 heterocycles. The summed E-state index contributed by atoms with van der Waals surface area (Å²) in [6.45, 7) is 7.72. The van der Waals surface area contributed by atoms with Gasteiger partial charge in [-0.05, 0) is 47.4 Å². The van der Waals surface area contributed by atoms with E-state index in [0.29, 0.717) is 5.92 Å². The standard InChI is InChI=1S/C21H27NO2/c1-5-21-17-9-6-14-12-15(23-3)7-8-16(14)19(21)22-13-20(17,2)11-10-18(21)24-4/h5-9,12,17-19,22H,1,10-11,13H2,2-4H3/t17-,18?,19-,20?,21?/m1/s1. The molecule has 4 rings (SSSR count). The van der Waals surface area contributed by atoms with Crippen LogP contribution in [0.2, 0.25) is 0 Å². The maximum atomic E-state index is 6.00. The molecule has 5 atom stereocenters. The quantitative estimate of drug-likeness (QED) is 0.853. The minimum Gasteiger partial charge on any atom is -0.497 e. The van der Waals surface area contributed by atoms with Gasteiger partial charge in [0.2, 0.25) is 0 Å². The van der Waals surface area contributed by atoms with E-state index in [2.05, 4.69) is 55.2 Å². The summed E-state index contributed by atoms with van der Waals surface area (Å²) in [6.07, 6.45) is 9.31. The third-order valence-electron chi connectivity index (χ3n) is 6.75. The Hall–Kier alpha value is -1.58. The number of methoxy groups -OCH3 is 2. The lowest BCUT2D eigenvalue weighted by Crippen LogP contribution is -2.64. The van der Waals surface area contributed by atoms with Gasteiger partial charge in [0, 0.05) is 25.1 Å². The number of hydrogen-bond acceptors (Lipinski definition) is 3. The highest BCUT2D eigenvalue weighted by molar-refractivity contribution is 5.61. The van der Waals surface area contributed by atoms with E-state index in [-0.39, 0.29) is 23.0 Å². The zero-order valence-corrected chi connectivity index (χ0v) is 14.8. The molecule has 1 saturated heterocycles. The number of allylic oxidation sites excluding steroid dienone is 1. The first-order valence-corrected chi connectivity index (χ1v) is 8.85. The Balaban J connectivity index is 1.95. The first-order chi connectivity index (χ1) is 11.6. The van der Waals surface area contributed by atoms with Crippen LogP contribution in [0.3, 0.4) is 0 Å². The molecule has 0 aromatic heterocycles. The Morgan fingerprint density at radius 1 is 1.33 bits per heavy atom. The van der Waals surface area contributed by atoms with Gasteiger partial charge in [-0.25, -0.2) is 0 Å². The summed E-state index contributed by atoms with van der Waals surface area (Å²) in [5.41, 5.74) is 2.68. The molecular weight excluding hydrogens is 298 g/mol. The lowest BCUT2D eigenvalue weighted by atomic mass is 9.49. The zero-order chi connectivity index (χ0) is 16.9. The second-order valence-corrected chi connectivity index (χ2v) is 7.77. The van der Waals surface area contributed by atoms with Gasteiger partial charge < -0.3 is 14.8 Å². The molecule has 3 heteroatoms. The molecule has 1 aliphatic heterocycles. The van der Waals surface area contributed by atoms with Gasteiger partial charge in [-0.15, -0.1) is 6.58 Å². The van der Waals surface area contributed by atoms with Gasteiger partial charge >= 0.3 is 0 Å². The lowest BCUT2D eigenvalue weighted by molar-refractivity contribution is -0.128. The summed E-state index contributed by atoms with van der Waals surface area (Å²) < 4.78 is 11.4. The molecule has 24 heavy (non-hydrogen) atoms. The van der Waals surface area contributed by atoms with Gasteiger partial charge in [0.05, 0.1) is 13.2 Å². The van der Waals surface area contributed by atoms with Crippen LogP contribution in [0.1, 0.15) is 36.9 Å². The van der Waals surface area contributed by atoms with Crippen molar-refractivity contribution in [3.63, 3.8) is 0 Å². The molecule has 0 spiro atoms. The summed E-state index contributed by atoms with van der Waals surface area (Å²) in [7, 11) is 3.57. The van der Waals surface area contributed by atoms with Crippen molar-refractivity contribution in [2.45, 2.75) is 31.9 Å². The highest BCUT2D eigenvalue weighted by Gasteiger charge is 2.61. The molecule has 128 valence electrons. The molecule has 2 fully saturated rings. The number of hydrogen-bond donors (Lipinski definition) is 1. The Bertz CT molecular complexity index is 697. The Kier molecular flexibility index (Phi) is 3.63. The van der Waals surface area contributed by atoms with E-state index >= 15 is 0 Å². The molecule has 1 aromatic carbocycles. The zero-order valence-electron chi connectivity index (χ0n) is 14.8. The maximum Gasteiger partial charge on any atom is 0.119 e. The van der Waals surface area contributed by atoms with Crippen LogP contribution >= 0.6 is 0 Å². The normalized spacial score (nSPS) is 39.7. The van der Waals surface area contributed by atoms with Gasteiger partial charge in [0.15, 0.2) is 0 Å². The first-order valence-electron chi connectivity index (χ1n) is 8.85. The maximum absolute atomic E-state index is 6.00. The van der Waals surface area contributed by atoms with Crippen LogP contribution in [-0.4, -0.2) is 26.9 Å². The van der Waals surface area contributed by atoms with E-state index in [4.69, 9.17) is 9.47 Å². The van der Waals surface area contributed by atoms with Crippen LogP contribution in [0.25, 0.3) is 6.08 Å². The molecule has 1 N–H and O–H groups in total. The van der Waals surface area contributed by atoms with Gasteiger partial charge in [-0.2, -0.15) is 0 Å². The van der Waals surface area contributed by atoms with Crippen molar-refractivity contribution in [3.8, 4) is 5.75 Å². The van der Waals surface area contributed by atoms with Crippen LogP contribution in [0.5, 0.6) is 5.75 Å². The van der Waals surface area contributed by atoms with Gasteiger partial charge in [-0.3, -0.25) is 0 Å². The summed E-state index contributed by atoms with van der Waals surface area (Å²) in [4.78, 5) is 0. The third kappa shape index (κ3) is 1.91. The van der Waals surface area contributed by atoms with Crippen LogP contribution in [0, 0.1) is 16.7 Å². The fourth-order valence-electron chi connectivity index (χ4n) is 5.51. The van der Waals surface area contributed by atoms with Gasteiger partial charge in [0.1, 0.15) is 5.75 Å². The van der Waals surface area contributed by atoms with E-state index in [0.717, 1.165) is 18.7 Å². The van der Waals surface area contributed by atoms with Crippen molar-refractivity contribution in [2.75, 3.05) is 20.8 Å². The van der Waals surface area contributed by atoms with E-state index in [9.17, 15) is 0 Å². The molecule has 3 aliphatic rings. The van der Waals surface area contributed by atoms with E-state index < -0.39 is 0 Å². The molecule has 1 saturated carbocycles. The van der Waals surface area contributed by atoms with Crippen molar-refractivity contribution < 1.29 is 9.47 Å². The third-order valence-corrected chi connectivity index (χ3v) is 6.75. The van der Waals surface area contributed by atoms with Crippen LogP contribution in [0.15, 0.2) is 36.9 Å². The van der Waals surface area contributed by atoms with Crippen LogP contribution < -0.4 is 10.1 Å². The van der Waals surface area contributed by atoms with Crippen molar-refractivity contribution in [3.05, 3.63) is 48.1 Å². The number of rotatable bonds is 3. The second-order valence-electron chi connectivity index (χ2n) is 7.77. The monoisotopic (exact) mass is 325 g/mol. The fourth-order valence-corrected chi connectivity index (χ4v) is 5.51. The highest BCUT2D eigenvalue weighted by atomic mass is 16.5. The van der Waals surface area contributed by atoms with E-state index in [1.165, 1.54) is 17.5 Å². The van der Waals surface area contributed by atoms with Crippen molar-refractivity contribution in [1.82, 2.24) is 5.32 Å². The minimum atomic E-state index is -0.115. The van der Waals surface area contributed by atoms with Gasteiger partial charge in [-0.1, -0.05) is 31.2 Å². The Morgan fingerprint density at radius 2 is 2.17 bits per heavy atom. The molecule has 0 radical (unpaired) electrons. The van der Waals surface area contributed by atoms with Crippen molar-refractivity contribution in [2.24, 2.45) is 16.7 Å². The van der Waals surface area contributed by atoms with Crippen molar-refractivity contribution >= 4 is 6.08 Å². The number of nitrogens with one attached hydrogen (secondary N) is 1. The molecule has 3 unspecified atom stereocenters. The fraction of sp³-hybridized carbons (Fsp3) is 0.524. The molecule has 4 bridgehead atoms. The van der Waals surface area contributed by atoms with Gasteiger partial charge in [0.25, 0.3) is 0 Å². The molecule has 0 amide bonds.